The number of amides is 1. The Labute approximate surface area is 163 Å². The Bertz CT molecular complexity index is 993. The number of benzene rings is 1. The lowest BCUT2D eigenvalue weighted by Gasteiger charge is -2.32. The van der Waals surface area contributed by atoms with Gasteiger partial charge in [0.25, 0.3) is 11.8 Å². The zero-order chi connectivity index (χ0) is 19.5. The van der Waals surface area contributed by atoms with Crippen molar-refractivity contribution in [2.24, 2.45) is 0 Å². The maximum atomic E-state index is 12.9. The normalized spacial score (nSPS) is 16.8. The average Bonchev–Trinajstić information content (AvgIpc) is 2.73. The van der Waals surface area contributed by atoms with E-state index in [1.165, 1.54) is 0 Å². The van der Waals surface area contributed by atoms with Gasteiger partial charge < -0.3 is 14.5 Å². The van der Waals surface area contributed by atoms with Gasteiger partial charge in [-0.1, -0.05) is 12.1 Å². The molecule has 1 aliphatic rings. The molecule has 0 bridgehead atoms. The molecule has 0 saturated carbocycles. The molecule has 3 aromatic rings. The molecule has 8 nitrogen and oxygen atoms in total. The number of ether oxygens (including phenoxy) is 1. The number of nitrogens with zero attached hydrogens (tertiary/aromatic N) is 6. The molecule has 0 aliphatic carbocycles. The number of para-hydroxylation sites is 2. The summed E-state index contributed by atoms with van der Waals surface area (Å²) in [5.74, 6) is 1.03. The topological polar surface area (TPSA) is 84.3 Å². The smallest absolute Gasteiger partial charge is 0.274 e. The van der Waals surface area contributed by atoms with Crippen LogP contribution >= 0.6 is 0 Å². The van der Waals surface area contributed by atoms with Gasteiger partial charge in [-0.2, -0.15) is 0 Å². The molecule has 1 atom stereocenters. The summed E-state index contributed by atoms with van der Waals surface area (Å²) in [5.41, 5.74) is 1.85. The van der Waals surface area contributed by atoms with Crippen molar-refractivity contribution < 1.29 is 9.53 Å². The summed E-state index contributed by atoms with van der Waals surface area (Å²) >= 11 is 0. The summed E-state index contributed by atoms with van der Waals surface area (Å²) in [7, 11) is 3.79. The van der Waals surface area contributed by atoms with Crippen LogP contribution in [0, 0.1) is 0 Å². The molecule has 1 saturated heterocycles. The number of piperidine rings is 1. The van der Waals surface area contributed by atoms with Gasteiger partial charge in [-0.05, 0) is 25.0 Å². The third-order valence-electron chi connectivity index (χ3n) is 4.68. The van der Waals surface area contributed by atoms with E-state index in [-0.39, 0.29) is 12.0 Å². The van der Waals surface area contributed by atoms with Crippen molar-refractivity contribution in [2.45, 2.75) is 18.9 Å². The molecule has 28 heavy (non-hydrogen) atoms. The molecule has 1 aliphatic heterocycles. The Balaban J connectivity index is 1.49. The second-order valence-corrected chi connectivity index (χ2v) is 6.96. The summed E-state index contributed by atoms with van der Waals surface area (Å²) < 4.78 is 6.09. The lowest BCUT2D eigenvalue weighted by Crippen LogP contribution is -2.44. The van der Waals surface area contributed by atoms with Crippen LogP contribution in [0.15, 0.2) is 42.9 Å². The van der Waals surface area contributed by atoms with Gasteiger partial charge in [-0.15, -0.1) is 0 Å². The number of rotatable bonds is 4. The number of hydrogen-bond donors (Lipinski definition) is 0. The van der Waals surface area contributed by atoms with Crippen molar-refractivity contribution in [2.75, 3.05) is 32.1 Å². The largest absolute Gasteiger partial charge is 0.470 e. The van der Waals surface area contributed by atoms with Gasteiger partial charge in [-0.25, -0.2) is 15.0 Å². The zero-order valence-corrected chi connectivity index (χ0v) is 15.9. The average molecular weight is 378 g/mol. The fourth-order valence-electron chi connectivity index (χ4n) is 3.31. The van der Waals surface area contributed by atoms with Gasteiger partial charge in [0, 0.05) is 33.0 Å². The molecule has 1 amide bonds. The van der Waals surface area contributed by atoms with E-state index in [9.17, 15) is 4.79 Å². The maximum Gasteiger partial charge on any atom is 0.274 e. The van der Waals surface area contributed by atoms with Crippen LogP contribution in [-0.4, -0.2) is 64.0 Å². The van der Waals surface area contributed by atoms with Crippen molar-refractivity contribution in [3.63, 3.8) is 0 Å². The minimum atomic E-state index is -0.137. The second-order valence-electron chi connectivity index (χ2n) is 6.96. The van der Waals surface area contributed by atoms with Crippen molar-refractivity contribution in [1.29, 1.82) is 0 Å². The highest BCUT2D eigenvalue weighted by Gasteiger charge is 2.28. The molecule has 0 radical (unpaired) electrons. The van der Waals surface area contributed by atoms with E-state index in [0.29, 0.717) is 36.0 Å². The van der Waals surface area contributed by atoms with Crippen LogP contribution in [-0.2, 0) is 0 Å². The number of likely N-dealkylation sites (tertiary alicyclic amines) is 1. The summed E-state index contributed by atoms with van der Waals surface area (Å²) in [4.78, 5) is 34.0. The first-order valence-electron chi connectivity index (χ1n) is 9.28. The minimum absolute atomic E-state index is 0.126. The Hall–Kier alpha value is -3.29. The molecule has 1 aromatic carbocycles. The van der Waals surface area contributed by atoms with Crippen molar-refractivity contribution in [1.82, 2.24) is 24.8 Å². The standard InChI is InChI=1S/C20H22N6O2/c1-25(2)18-19(22-10-9-21-18)28-14-6-5-11-26(13-14)20(27)17-12-23-15-7-3-4-8-16(15)24-17/h3-4,7-10,12,14H,5-6,11,13H2,1-2H3. The molecule has 2 aromatic heterocycles. The van der Waals surface area contributed by atoms with Crippen LogP contribution in [0.4, 0.5) is 5.82 Å². The van der Waals surface area contributed by atoms with E-state index in [1.54, 1.807) is 23.5 Å². The Morgan fingerprint density at radius 3 is 2.75 bits per heavy atom. The van der Waals surface area contributed by atoms with E-state index in [2.05, 4.69) is 19.9 Å². The Morgan fingerprint density at radius 2 is 1.93 bits per heavy atom. The fraction of sp³-hybridized carbons (Fsp3) is 0.350. The number of carbonyl (C=O) groups excluding carboxylic acids is 1. The highest BCUT2D eigenvalue weighted by molar-refractivity contribution is 5.93. The quantitative estimate of drug-likeness (QED) is 0.688. The number of anilines is 1. The highest BCUT2D eigenvalue weighted by atomic mass is 16.5. The van der Waals surface area contributed by atoms with Crippen molar-refractivity contribution in [3.8, 4) is 5.88 Å². The molecular formula is C20H22N6O2. The summed E-state index contributed by atoms with van der Waals surface area (Å²) in [5, 5.41) is 0. The molecule has 3 heterocycles. The molecular weight excluding hydrogens is 356 g/mol. The molecule has 4 rings (SSSR count). The Kier molecular flexibility index (Phi) is 5.01. The van der Waals surface area contributed by atoms with Crippen LogP contribution in [0.25, 0.3) is 11.0 Å². The van der Waals surface area contributed by atoms with Crippen LogP contribution in [0.3, 0.4) is 0 Å². The number of aromatic nitrogens is 4. The van der Waals surface area contributed by atoms with Crippen LogP contribution < -0.4 is 9.64 Å². The van der Waals surface area contributed by atoms with Crippen LogP contribution in [0.2, 0.25) is 0 Å². The van der Waals surface area contributed by atoms with Gasteiger partial charge in [0.15, 0.2) is 5.82 Å². The number of hydrogen-bond acceptors (Lipinski definition) is 7. The molecule has 1 unspecified atom stereocenters. The Morgan fingerprint density at radius 1 is 1.14 bits per heavy atom. The third-order valence-corrected chi connectivity index (χ3v) is 4.68. The van der Waals surface area contributed by atoms with Crippen molar-refractivity contribution in [3.05, 3.63) is 48.5 Å². The van der Waals surface area contributed by atoms with E-state index >= 15 is 0 Å². The second kappa shape index (κ2) is 7.75. The number of fused-ring (bicyclic) bond motifs is 1. The van der Waals surface area contributed by atoms with E-state index in [4.69, 9.17) is 4.74 Å². The summed E-state index contributed by atoms with van der Waals surface area (Å²) in [6, 6.07) is 7.53. The zero-order valence-electron chi connectivity index (χ0n) is 15.9. The van der Waals surface area contributed by atoms with Gasteiger partial charge in [0.05, 0.1) is 23.8 Å². The van der Waals surface area contributed by atoms with E-state index in [0.717, 1.165) is 18.4 Å². The first-order chi connectivity index (χ1) is 13.6. The molecule has 144 valence electrons. The monoisotopic (exact) mass is 378 g/mol. The molecule has 0 N–H and O–H groups in total. The molecule has 8 heteroatoms. The lowest BCUT2D eigenvalue weighted by atomic mass is 10.1. The highest BCUT2D eigenvalue weighted by Crippen LogP contribution is 2.24. The SMILES string of the molecule is CN(C)c1nccnc1OC1CCCN(C(=O)c2cnc3ccccc3n2)C1. The van der Waals surface area contributed by atoms with Crippen LogP contribution in [0.5, 0.6) is 5.88 Å². The van der Waals surface area contributed by atoms with E-state index < -0.39 is 0 Å². The van der Waals surface area contributed by atoms with Gasteiger partial charge in [0.1, 0.15) is 11.8 Å². The lowest BCUT2D eigenvalue weighted by molar-refractivity contribution is 0.0523. The summed E-state index contributed by atoms with van der Waals surface area (Å²) in [6.07, 6.45) is 6.37. The van der Waals surface area contributed by atoms with Crippen molar-refractivity contribution >= 4 is 22.8 Å². The first kappa shape index (κ1) is 18.1. The summed E-state index contributed by atoms with van der Waals surface area (Å²) in [6.45, 7) is 1.16. The number of carbonyl (C=O) groups is 1. The van der Waals surface area contributed by atoms with Crippen LogP contribution in [0.1, 0.15) is 23.3 Å². The van der Waals surface area contributed by atoms with Gasteiger partial charge >= 0.3 is 0 Å². The molecule has 1 fully saturated rings. The van der Waals surface area contributed by atoms with Gasteiger partial charge in [-0.3, -0.25) is 9.78 Å². The third kappa shape index (κ3) is 3.71. The maximum absolute atomic E-state index is 12.9. The van der Waals surface area contributed by atoms with Gasteiger partial charge in [0.2, 0.25) is 0 Å². The fourth-order valence-corrected chi connectivity index (χ4v) is 3.31. The molecule has 0 spiro atoms. The minimum Gasteiger partial charge on any atom is -0.470 e. The van der Waals surface area contributed by atoms with E-state index in [1.807, 2.05) is 43.3 Å². The predicted molar refractivity (Wildman–Crippen MR) is 105 cm³/mol. The first-order valence-corrected chi connectivity index (χ1v) is 9.28. The predicted octanol–water partition coefficient (Wildman–Crippen LogP) is 2.17.